The second-order valence-corrected chi connectivity index (χ2v) is 5.60. The summed E-state index contributed by atoms with van der Waals surface area (Å²) in [5.74, 6) is 0.188. The molecule has 0 bridgehead atoms. The van der Waals surface area contributed by atoms with E-state index in [0.717, 1.165) is 36.6 Å². The Hall–Kier alpha value is -2.11. The maximum absolute atomic E-state index is 12.4. The molecule has 6 heteroatoms. The second kappa shape index (κ2) is 5.35. The molecule has 0 N–H and O–H groups in total. The predicted molar refractivity (Wildman–Crippen MR) is 78.9 cm³/mol. The molecule has 2 aromatic heterocycles. The van der Waals surface area contributed by atoms with Gasteiger partial charge in [0.25, 0.3) is 0 Å². The van der Waals surface area contributed by atoms with Gasteiger partial charge in [-0.05, 0) is 20.8 Å². The maximum atomic E-state index is 12.4. The fourth-order valence-electron chi connectivity index (χ4n) is 2.89. The van der Waals surface area contributed by atoms with Gasteiger partial charge in [-0.2, -0.15) is 5.10 Å². The van der Waals surface area contributed by atoms with Crippen LogP contribution in [0.15, 0.2) is 18.7 Å². The third-order valence-electron chi connectivity index (χ3n) is 4.32. The Balaban J connectivity index is 1.62. The highest BCUT2D eigenvalue weighted by molar-refractivity contribution is 5.80. The van der Waals surface area contributed by atoms with Gasteiger partial charge in [0.15, 0.2) is 0 Å². The molecule has 0 aliphatic carbocycles. The molecule has 1 aliphatic heterocycles. The number of amides is 1. The van der Waals surface area contributed by atoms with Crippen molar-refractivity contribution >= 4 is 5.91 Å². The van der Waals surface area contributed by atoms with E-state index in [0.29, 0.717) is 12.5 Å². The van der Waals surface area contributed by atoms with Crippen LogP contribution in [0.2, 0.25) is 0 Å². The van der Waals surface area contributed by atoms with Crippen LogP contribution >= 0.6 is 0 Å². The summed E-state index contributed by atoms with van der Waals surface area (Å²) in [5, 5.41) is 4.47. The van der Waals surface area contributed by atoms with Crippen LogP contribution in [0.3, 0.4) is 0 Å². The highest BCUT2D eigenvalue weighted by Crippen LogP contribution is 2.23. The van der Waals surface area contributed by atoms with E-state index in [1.165, 1.54) is 0 Å². The molecular weight excluding hydrogens is 266 g/mol. The first-order valence-corrected chi connectivity index (χ1v) is 7.38. The van der Waals surface area contributed by atoms with E-state index < -0.39 is 0 Å². The normalized spacial score (nSPS) is 15.3. The van der Waals surface area contributed by atoms with Crippen LogP contribution in [0.4, 0.5) is 0 Å². The number of hydrogen-bond donors (Lipinski definition) is 0. The zero-order valence-electron chi connectivity index (χ0n) is 12.8. The van der Waals surface area contributed by atoms with Gasteiger partial charge in [-0.25, -0.2) is 4.98 Å². The molecule has 6 nitrogen and oxygen atoms in total. The highest BCUT2D eigenvalue weighted by atomic mass is 16.2. The van der Waals surface area contributed by atoms with E-state index in [1.54, 1.807) is 6.20 Å². The van der Waals surface area contributed by atoms with Crippen LogP contribution in [-0.2, 0) is 17.8 Å². The number of carbonyl (C=O) groups is 1. The van der Waals surface area contributed by atoms with Crippen LogP contribution in [0.5, 0.6) is 0 Å². The third-order valence-corrected chi connectivity index (χ3v) is 4.32. The van der Waals surface area contributed by atoms with E-state index in [1.807, 2.05) is 36.0 Å². The van der Waals surface area contributed by atoms with E-state index >= 15 is 0 Å². The molecular formula is C15H21N5O. The van der Waals surface area contributed by atoms with Gasteiger partial charge in [-0.15, -0.1) is 0 Å². The average Bonchev–Trinajstić information content (AvgIpc) is 3.00. The third kappa shape index (κ3) is 2.46. The van der Waals surface area contributed by atoms with E-state index in [2.05, 4.69) is 21.6 Å². The first-order valence-electron chi connectivity index (χ1n) is 7.38. The maximum Gasteiger partial charge on any atom is 0.227 e. The van der Waals surface area contributed by atoms with Crippen molar-refractivity contribution in [2.24, 2.45) is 0 Å². The fraction of sp³-hybridized carbons (Fsp3) is 0.533. The lowest BCUT2D eigenvalue weighted by atomic mass is 10.0. The zero-order valence-corrected chi connectivity index (χ0v) is 12.8. The summed E-state index contributed by atoms with van der Waals surface area (Å²) in [6.45, 7) is 8.47. The molecule has 2 aromatic rings. The van der Waals surface area contributed by atoms with Crippen molar-refractivity contribution in [3.8, 4) is 0 Å². The summed E-state index contributed by atoms with van der Waals surface area (Å²) in [7, 11) is 0. The number of carbonyl (C=O) groups excluding carboxylic acids is 1. The largest absolute Gasteiger partial charge is 0.338 e. The number of rotatable bonds is 4. The number of aryl methyl sites for hydroxylation is 2. The molecule has 0 spiro atoms. The Morgan fingerprint density at radius 3 is 2.71 bits per heavy atom. The van der Waals surface area contributed by atoms with Gasteiger partial charge in [0.1, 0.15) is 0 Å². The lowest BCUT2D eigenvalue weighted by Gasteiger charge is -2.39. The average molecular weight is 287 g/mol. The topological polar surface area (TPSA) is 56.0 Å². The monoisotopic (exact) mass is 287 g/mol. The van der Waals surface area contributed by atoms with Gasteiger partial charge in [0, 0.05) is 43.3 Å². The summed E-state index contributed by atoms with van der Waals surface area (Å²) < 4.78 is 4.03. The number of hydrogen-bond acceptors (Lipinski definition) is 3. The highest BCUT2D eigenvalue weighted by Gasteiger charge is 2.32. The molecule has 3 heterocycles. The van der Waals surface area contributed by atoms with Crippen LogP contribution in [0.1, 0.15) is 29.9 Å². The van der Waals surface area contributed by atoms with Gasteiger partial charge < -0.3 is 9.47 Å². The number of imidazole rings is 1. The second-order valence-electron chi connectivity index (χ2n) is 5.60. The molecule has 0 atom stereocenters. The van der Waals surface area contributed by atoms with Crippen LogP contribution in [0.25, 0.3) is 0 Å². The minimum absolute atomic E-state index is 0.188. The van der Waals surface area contributed by atoms with Crippen molar-refractivity contribution in [1.29, 1.82) is 0 Å². The molecule has 21 heavy (non-hydrogen) atoms. The molecule has 0 aromatic carbocycles. The van der Waals surface area contributed by atoms with Gasteiger partial charge in [-0.1, -0.05) is 0 Å². The van der Waals surface area contributed by atoms with Crippen LogP contribution in [0, 0.1) is 13.8 Å². The zero-order chi connectivity index (χ0) is 15.0. The number of nitrogens with zero attached hydrogens (tertiary/aromatic N) is 5. The summed E-state index contributed by atoms with van der Waals surface area (Å²) in [6, 6.07) is 0.372. The molecule has 0 unspecified atom stereocenters. The Kier molecular flexibility index (Phi) is 3.53. The van der Waals surface area contributed by atoms with Gasteiger partial charge in [-0.3, -0.25) is 9.48 Å². The molecule has 1 fully saturated rings. The van der Waals surface area contributed by atoms with E-state index in [9.17, 15) is 4.79 Å². The molecule has 0 saturated carbocycles. The first-order chi connectivity index (χ1) is 10.1. The Bertz CT molecular complexity index is 637. The first kappa shape index (κ1) is 13.9. The van der Waals surface area contributed by atoms with Gasteiger partial charge in [0.2, 0.25) is 5.91 Å². The summed E-state index contributed by atoms with van der Waals surface area (Å²) in [4.78, 5) is 18.3. The number of aromatic nitrogens is 4. The smallest absolute Gasteiger partial charge is 0.227 e. The lowest BCUT2D eigenvalue weighted by Crippen LogP contribution is -2.51. The van der Waals surface area contributed by atoms with Crippen molar-refractivity contribution in [2.75, 3.05) is 13.1 Å². The molecule has 1 aliphatic rings. The molecule has 1 saturated heterocycles. The minimum Gasteiger partial charge on any atom is -0.338 e. The molecule has 3 rings (SSSR count). The van der Waals surface area contributed by atoms with E-state index in [-0.39, 0.29) is 5.91 Å². The van der Waals surface area contributed by atoms with Crippen molar-refractivity contribution in [3.05, 3.63) is 35.7 Å². The van der Waals surface area contributed by atoms with Crippen LogP contribution in [-0.4, -0.2) is 43.2 Å². The minimum atomic E-state index is 0.188. The molecule has 1 amide bonds. The van der Waals surface area contributed by atoms with Crippen molar-refractivity contribution in [1.82, 2.24) is 24.2 Å². The van der Waals surface area contributed by atoms with Gasteiger partial charge in [0.05, 0.1) is 24.5 Å². The Labute approximate surface area is 124 Å². The lowest BCUT2D eigenvalue weighted by molar-refractivity contribution is -0.136. The summed E-state index contributed by atoms with van der Waals surface area (Å²) in [6.07, 6.45) is 5.99. The fourth-order valence-corrected chi connectivity index (χ4v) is 2.89. The summed E-state index contributed by atoms with van der Waals surface area (Å²) >= 11 is 0. The van der Waals surface area contributed by atoms with Crippen molar-refractivity contribution in [3.63, 3.8) is 0 Å². The van der Waals surface area contributed by atoms with Crippen LogP contribution < -0.4 is 0 Å². The predicted octanol–water partition coefficient (Wildman–Crippen LogP) is 1.34. The summed E-state index contributed by atoms with van der Waals surface area (Å²) in [5.41, 5.74) is 3.15. The molecule has 0 radical (unpaired) electrons. The molecule has 112 valence electrons. The van der Waals surface area contributed by atoms with E-state index in [4.69, 9.17) is 0 Å². The number of likely N-dealkylation sites (tertiary alicyclic amines) is 1. The Morgan fingerprint density at radius 1 is 1.38 bits per heavy atom. The standard InChI is InChI=1S/C15H21N5O/c1-4-20-12(3)14(11(2)17-20)7-15(21)19-8-13(9-19)18-6-5-16-10-18/h5-6,10,13H,4,7-9H2,1-3H3. The van der Waals surface area contributed by atoms with Crippen molar-refractivity contribution in [2.45, 2.75) is 39.8 Å². The van der Waals surface area contributed by atoms with Gasteiger partial charge >= 0.3 is 0 Å². The SMILES string of the molecule is CCn1nc(C)c(CC(=O)N2CC(n3ccnc3)C2)c1C. The van der Waals surface area contributed by atoms with Crippen molar-refractivity contribution < 1.29 is 4.79 Å². The Morgan fingerprint density at radius 2 is 2.14 bits per heavy atom. The quantitative estimate of drug-likeness (QED) is 0.853.